The van der Waals surface area contributed by atoms with Gasteiger partial charge in [0.05, 0.1) is 0 Å². The third-order valence-corrected chi connectivity index (χ3v) is 5.75. The number of rotatable bonds is 5. The molecular weight excluding hydrogens is 324 g/mol. The third-order valence-electron chi connectivity index (χ3n) is 4.71. The van der Waals surface area contributed by atoms with E-state index in [1.807, 2.05) is 6.20 Å². The number of hydrogen-bond donors (Lipinski definition) is 0. The summed E-state index contributed by atoms with van der Waals surface area (Å²) in [6.07, 6.45) is 4.37. The number of aromatic nitrogens is 1. The van der Waals surface area contributed by atoms with Crippen LogP contribution in [-0.4, -0.2) is 16.4 Å². The average molecular weight is 346 g/mol. The Balaban J connectivity index is 1.58. The minimum absolute atomic E-state index is 0.458. The predicted molar refractivity (Wildman–Crippen MR) is 104 cm³/mol. The highest BCUT2D eigenvalue weighted by atomic mass is 32.2. The van der Waals surface area contributed by atoms with Crippen molar-refractivity contribution >= 4 is 11.8 Å². The Kier molecular flexibility index (Phi) is 5.14. The Hall–Kier alpha value is -2.10. The van der Waals surface area contributed by atoms with Gasteiger partial charge in [0.1, 0.15) is 5.03 Å². The highest BCUT2D eigenvalue weighted by Crippen LogP contribution is 2.39. The van der Waals surface area contributed by atoms with Gasteiger partial charge in [-0.15, -0.1) is 0 Å². The smallest absolute Gasteiger partial charge is 0.105 e. The Bertz CT molecular complexity index is 805. The molecule has 4 rings (SSSR count). The lowest BCUT2D eigenvalue weighted by Gasteiger charge is -2.26. The van der Waals surface area contributed by atoms with E-state index in [4.69, 9.17) is 4.98 Å². The number of nitrogens with zero attached hydrogens (tertiary/aromatic N) is 2. The van der Waals surface area contributed by atoms with Crippen LogP contribution in [0.15, 0.2) is 88.9 Å². The maximum absolute atomic E-state index is 4.70. The van der Waals surface area contributed by atoms with Crippen LogP contribution in [-0.2, 0) is 6.54 Å². The standard InChI is InChI=1S/C22H22N2S/c1-3-9-18(10-4-1)17-24-16-8-14-21(24)20-13-7-15-23-22(20)25-19-11-5-2-6-12-19/h1-7,9-13,15,21H,8,14,16-17H2/t21-/m0/s1. The van der Waals surface area contributed by atoms with E-state index in [1.165, 1.54) is 28.9 Å². The molecule has 0 N–H and O–H groups in total. The van der Waals surface area contributed by atoms with E-state index in [0.717, 1.165) is 18.1 Å². The summed E-state index contributed by atoms with van der Waals surface area (Å²) in [4.78, 5) is 8.54. The molecule has 1 aromatic heterocycles. The van der Waals surface area contributed by atoms with Crippen LogP contribution in [0, 0.1) is 0 Å². The topological polar surface area (TPSA) is 16.1 Å². The fourth-order valence-electron chi connectivity index (χ4n) is 3.53. The van der Waals surface area contributed by atoms with Crippen LogP contribution < -0.4 is 0 Å². The minimum Gasteiger partial charge on any atom is -0.292 e. The molecular formula is C22H22N2S. The fourth-order valence-corrected chi connectivity index (χ4v) is 4.48. The summed E-state index contributed by atoms with van der Waals surface area (Å²) in [6, 6.07) is 26.1. The highest BCUT2D eigenvalue weighted by molar-refractivity contribution is 7.99. The van der Waals surface area contributed by atoms with Crippen molar-refractivity contribution in [2.75, 3.05) is 6.54 Å². The molecule has 3 aromatic rings. The largest absolute Gasteiger partial charge is 0.292 e. The molecule has 1 aliphatic heterocycles. The summed E-state index contributed by atoms with van der Waals surface area (Å²) in [6.45, 7) is 2.17. The number of pyridine rings is 1. The van der Waals surface area contributed by atoms with Crippen molar-refractivity contribution in [1.29, 1.82) is 0 Å². The van der Waals surface area contributed by atoms with Gasteiger partial charge in [-0.2, -0.15) is 0 Å². The molecule has 0 saturated carbocycles. The van der Waals surface area contributed by atoms with E-state index >= 15 is 0 Å². The van der Waals surface area contributed by atoms with E-state index in [0.29, 0.717) is 6.04 Å². The van der Waals surface area contributed by atoms with Crippen LogP contribution in [0.2, 0.25) is 0 Å². The number of likely N-dealkylation sites (tertiary alicyclic amines) is 1. The van der Waals surface area contributed by atoms with E-state index in [9.17, 15) is 0 Å². The second kappa shape index (κ2) is 7.85. The summed E-state index contributed by atoms with van der Waals surface area (Å²) in [5.41, 5.74) is 2.75. The zero-order chi connectivity index (χ0) is 16.9. The van der Waals surface area contributed by atoms with Crippen molar-refractivity contribution in [3.8, 4) is 0 Å². The molecule has 0 unspecified atom stereocenters. The SMILES string of the molecule is c1ccc(CN2CCC[C@H]2c2cccnc2Sc2ccccc2)cc1. The van der Waals surface area contributed by atoms with E-state index in [-0.39, 0.29) is 0 Å². The van der Waals surface area contributed by atoms with Crippen molar-refractivity contribution in [1.82, 2.24) is 9.88 Å². The number of hydrogen-bond acceptors (Lipinski definition) is 3. The van der Waals surface area contributed by atoms with Crippen LogP contribution in [0.1, 0.15) is 30.0 Å². The van der Waals surface area contributed by atoms with Gasteiger partial charge in [0.25, 0.3) is 0 Å². The molecule has 0 bridgehead atoms. The maximum atomic E-state index is 4.70. The Morgan fingerprint density at radius 3 is 2.48 bits per heavy atom. The van der Waals surface area contributed by atoms with Crippen LogP contribution >= 0.6 is 11.8 Å². The zero-order valence-electron chi connectivity index (χ0n) is 14.2. The van der Waals surface area contributed by atoms with Gasteiger partial charge in [0.15, 0.2) is 0 Å². The van der Waals surface area contributed by atoms with Crippen molar-refractivity contribution in [2.45, 2.75) is 35.3 Å². The first kappa shape index (κ1) is 16.4. The molecule has 0 aliphatic carbocycles. The summed E-state index contributed by atoms with van der Waals surface area (Å²) >= 11 is 1.77. The molecule has 2 aromatic carbocycles. The van der Waals surface area contributed by atoms with Gasteiger partial charge in [-0.1, -0.05) is 66.4 Å². The molecule has 3 heteroatoms. The van der Waals surface area contributed by atoms with Gasteiger partial charge in [0, 0.05) is 29.2 Å². The van der Waals surface area contributed by atoms with Crippen molar-refractivity contribution < 1.29 is 0 Å². The third kappa shape index (κ3) is 3.94. The second-order valence-corrected chi connectivity index (χ2v) is 7.49. The predicted octanol–water partition coefficient (Wildman–Crippen LogP) is 5.57. The Labute approximate surface area is 153 Å². The Morgan fingerprint density at radius 2 is 1.68 bits per heavy atom. The van der Waals surface area contributed by atoms with Gasteiger partial charge in [-0.3, -0.25) is 4.90 Å². The van der Waals surface area contributed by atoms with Gasteiger partial charge >= 0.3 is 0 Å². The minimum atomic E-state index is 0.458. The summed E-state index contributed by atoms with van der Waals surface area (Å²) in [5, 5.41) is 1.14. The molecule has 1 fully saturated rings. The first-order chi connectivity index (χ1) is 12.4. The van der Waals surface area contributed by atoms with Crippen LogP contribution in [0.5, 0.6) is 0 Å². The first-order valence-electron chi connectivity index (χ1n) is 8.86. The van der Waals surface area contributed by atoms with Gasteiger partial charge in [-0.05, 0) is 43.1 Å². The van der Waals surface area contributed by atoms with E-state index in [2.05, 4.69) is 77.7 Å². The summed E-state index contributed by atoms with van der Waals surface area (Å²) < 4.78 is 0. The quantitative estimate of drug-likeness (QED) is 0.601. The molecule has 0 radical (unpaired) electrons. The van der Waals surface area contributed by atoms with Crippen LogP contribution in [0.25, 0.3) is 0 Å². The first-order valence-corrected chi connectivity index (χ1v) is 9.67. The lowest BCUT2D eigenvalue weighted by Crippen LogP contribution is -2.23. The molecule has 1 aliphatic rings. The van der Waals surface area contributed by atoms with E-state index in [1.54, 1.807) is 11.8 Å². The van der Waals surface area contributed by atoms with Gasteiger partial charge < -0.3 is 0 Å². The van der Waals surface area contributed by atoms with Gasteiger partial charge in [-0.25, -0.2) is 4.98 Å². The fraction of sp³-hybridized carbons (Fsp3) is 0.227. The van der Waals surface area contributed by atoms with E-state index < -0.39 is 0 Å². The molecule has 2 nitrogen and oxygen atoms in total. The van der Waals surface area contributed by atoms with Crippen LogP contribution in [0.4, 0.5) is 0 Å². The van der Waals surface area contributed by atoms with Crippen LogP contribution in [0.3, 0.4) is 0 Å². The molecule has 0 spiro atoms. The molecule has 1 atom stereocenters. The molecule has 1 saturated heterocycles. The molecule has 0 amide bonds. The molecule has 126 valence electrons. The highest BCUT2D eigenvalue weighted by Gasteiger charge is 2.28. The Morgan fingerprint density at radius 1 is 0.920 bits per heavy atom. The number of benzene rings is 2. The monoisotopic (exact) mass is 346 g/mol. The maximum Gasteiger partial charge on any atom is 0.105 e. The summed E-state index contributed by atoms with van der Waals surface area (Å²) in [7, 11) is 0. The lowest BCUT2D eigenvalue weighted by molar-refractivity contribution is 0.245. The lowest BCUT2D eigenvalue weighted by atomic mass is 10.1. The van der Waals surface area contributed by atoms with Crippen molar-refractivity contribution in [3.05, 3.63) is 90.1 Å². The molecule has 2 heterocycles. The van der Waals surface area contributed by atoms with Gasteiger partial charge in [0.2, 0.25) is 0 Å². The average Bonchev–Trinajstić information content (AvgIpc) is 3.12. The van der Waals surface area contributed by atoms with Crippen molar-refractivity contribution in [2.24, 2.45) is 0 Å². The summed E-state index contributed by atoms with van der Waals surface area (Å²) in [5.74, 6) is 0. The molecule has 25 heavy (non-hydrogen) atoms. The normalized spacial score (nSPS) is 17.7. The second-order valence-electron chi connectivity index (χ2n) is 6.43. The van der Waals surface area contributed by atoms with Crippen molar-refractivity contribution in [3.63, 3.8) is 0 Å². The zero-order valence-corrected chi connectivity index (χ0v) is 15.0.